The van der Waals surface area contributed by atoms with E-state index >= 15 is 0 Å². The molecule has 160 valence electrons. The van der Waals surface area contributed by atoms with Gasteiger partial charge in [-0.15, -0.1) is 24.0 Å². The summed E-state index contributed by atoms with van der Waals surface area (Å²) in [6.45, 7) is 0.771. The van der Waals surface area contributed by atoms with Gasteiger partial charge >= 0.3 is 6.18 Å². The van der Waals surface area contributed by atoms with Gasteiger partial charge in [0.25, 0.3) is 0 Å². The lowest BCUT2D eigenvalue weighted by Gasteiger charge is -2.13. The van der Waals surface area contributed by atoms with Gasteiger partial charge < -0.3 is 25.8 Å². The predicted octanol–water partition coefficient (Wildman–Crippen LogP) is 3.25. The molecule has 1 heterocycles. The summed E-state index contributed by atoms with van der Waals surface area (Å²) in [6.07, 6.45) is -3.17. The number of anilines is 1. The minimum atomic E-state index is -4.47. The number of nitrogens with zero attached hydrogens (tertiary/aromatic N) is 2. The highest BCUT2D eigenvalue weighted by Gasteiger charge is 2.33. The lowest BCUT2D eigenvalue weighted by atomic mass is 10.2. The van der Waals surface area contributed by atoms with Crippen molar-refractivity contribution in [1.29, 1.82) is 0 Å². The molecular weight excluding hydrogens is 502 g/mol. The maximum Gasteiger partial charge on any atom is 0.419 e. The summed E-state index contributed by atoms with van der Waals surface area (Å²) in [5.74, 6) is 1.15. The van der Waals surface area contributed by atoms with Crippen LogP contribution in [0.5, 0.6) is 11.5 Å². The Kier molecular flexibility index (Phi) is 9.78. The number of nitrogens with two attached hydrogens (primary N) is 1. The predicted molar refractivity (Wildman–Crippen MR) is 116 cm³/mol. The normalized spacial score (nSPS) is 11.4. The van der Waals surface area contributed by atoms with Gasteiger partial charge in [0.1, 0.15) is 5.82 Å². The molecule has 2 rings (SSSR count). The smallest absolute Gasteiger partial charge is 0.419 e. The average molecular weight is 525 g/mol. The van der Waals surface area contributed by atoms with Crippen LogP contribution in [-0.2, 0) is 12.7 Å². The van der Waals surface area contributed by atoms with Crippen molar-refractivity contribution in [3.05, 3.63) is 47.7 Å². The molecule has 0 amide bonds. The SMILES string of the molecule is COc1ccc(CN=C(N)NCCNc2ncccc2C(F)(F)F)cc1OC.I. The topological polar surface area (TPSA) is 93.8 Å². The van der Waals surface area contributed by atoms with E-state index < -0.39 is 11.7 Å². The van der Waals surface area contributed by atoms with Crippen molar-refractivity contribution in [1.82, 2.24) is 10.3 Å². The first-order chi connectivity index (χ1) is 13.3. The van der Waals surface area contributed by atoms with Crippen molar-refractivity contribution in [3.63, 3.8) is 0 Å². The number of hydrogen-bond donors (Lipinski definition) is 3. The Morgan fingerprint density at radius 2 is 1.86 bits per heavy atom. The van der Waals surface area contributed by atoms with Crippen LogP contribution in [0.15, 0.2) is 41.5 Å². The molecule has 0 saturated carbocycles. The fourth-order valence-corrected chi connectivity index (χ4v) is 2.36. The summed E-state index contributed by atoms with van der Waals surface area (Å²) in [5, 5.41) is 5.47. The van der Waals surface area contributed by atoms with E-state index in [1.807, 2.05) is 6.07 Å². The number of ether oxygens (including phenoxy) is 2. The van der Waals surface area contributed by atoms with Crippen molar-refractivity contribution in [3.8, 4) is 11.5 Å². The first-order valence-corrected chi connectivity index (χ1v) is 8.36. The van der Waals surface area contributed by atoms with E-state index in [-0.39, 0.29) is 48.8 Å². The van der Waals surface area contributed by atoms with E-state index in [1.54, 1.807) is 26.4 Å². The summed E-state index contributed by atoms with van der Waals surface area (Å²) < 4.78 is 49.1. The van der Waals surface area contributed by atoms with E-state index in [2.05, 4.69) is 20.6 Å². The third-order valence-corrected chi connectivity index (χ3v) is 3.72. The Labute approximate surface area is 183 Å². The molecule has 1 aromatic heterocycles. The number of methoxy groups -OCH3 is 2. The molecule has 0 spiro atoms. The summed E-state index contributed by atoms with van der Waals surface area (Å²) in [6, 6.07) is 7.60. The van der Waals surface area contributed by atoms with Gasteiger partial charge in [0.15, 0.2) is 17.5 Å². The molecule has 2 aromatic rings. The number of hydrogen-bond acceptors (Lipinski definition) is 5. The van der Waals surface area contributed by atoms with Crippen LogP contribution < -0.4 is 25.8 Å². The average Bonchev–Trinajstić information content (AvgIpc) is 2.69. The second-order valence-corrected chi connectivity index (χ2v) is 5.64. The van der Waals surface area contributed by atoms with Crippen LogP contribution in [-0.4, -0.2) is 38.3 Å². The highest BCUT2D eigenvalue weighted by atomic mass is 127. The number of pyridine rings is 1. The summed E-state index contributed by atoms with van der Waals surface area (Å²) in [7, 11) is 3.09. The van der Waals surface area contributed by atoms with Crippen molar-refractivity contribution in [2.24, 2.45) is 10.7 Å². The van der Waals surface area contributed by atoms with Crippen LogP contribution in [0, 0.1) is 0 Å². The maximum absolute atomic E-state index is 12.9. The number of rotatable bonds is 8. The largest absolute Gasteiger partial charge is 0.493 e. The van der Waals surface area contributed by atoms with Gasteiger partial charge in [0.2, 0.25) is 0 Å². The molecule has 0 unspecified atom stereocenters. The summed E-state index contributed by atoms with van der Waals surface area (Å²) in [4.78, 5) is 7.92. The molecule has 0 fully saturated rings. The molecule has 11 heteroatoms. The molecule has 0 aliphatic rings. The van der Waals surface area contributed by atoms with E-state index in [1.165, 1.54) is 12.3 Å². The molecule has 0 aliphatic heterocycles. The number of benzene rings is 1. The number of nitrogens with one attached hydrogen (secondary N) is 2. The Morgan fingerprint density at radius 1 is 1.14 bits per heavy atom. The molecule has 1 aromatic carbocycles. The maximum atomic E-state index is 12.9. The van der Waals surface area contributed by atoms with E-state index in [0.717, 1.165) is 11.6 Å². The molecule has 0 atom stereocenters. The summed E-state index contributed by atoms with van der Waals surface area (Å²) >= 11 is 0. The first kappa shape index (κ1) is 24.6. The Hall–Kier alpha value is -2.44. The van der Waals surface area contributed by atoms with Gasteiger partial charge in [0, 0.05) is 19.3 Å². The number of aliphatic imine (C=N–C) groups is 1. The second-order valence-electron chi connectivity index (χ2n) is 5.64. The van der Waals surface area contributed by atoms with Crippen LogP contribution >= 0.6 is 24.0 Å². The van der Waals surface area contributed by atoms with Gasteiger partial charge in [-0.1, -0.05) is 6.07 Å². The van der Waals surface area contributed by atoms with Gasteiger partial charge in [-0.05, 0) is 29.8 Å². The van der Waals surface area contributed by atoms with Crippen LogP contribution in [0.4, 0.5) is 19.0 Å². The minimum absolute atomic E-state index is 0. The molecule has 29 heavy (non-hydrogen) atoms. The number of alkyl halides is 3. The van der Waals surface area contributed by atoms with Gasteiger partial charge in [-0.3, -0.25) is 0 Å². The van der Waals surface area contributed by atoms with Crippen molar-refractivity contribution < 1.29 is 22.6 Å². The first-order valence-electron chi connectivity index (χ1n) is 8.36. The zero-order valence-corrected chi connectivity index (χ0v) is 18.2. The monoisotopic (exact) mass is 525 g/mol. The molecule has 0 radical (unpaired) electrons. The third kappa shape index (κ3) is 7.48. The lowest BCUT2D eigenvalue weighted by molar-refractivity contribution is -0.137. The molecule has 0 bridgehead atoms. The van der Waals surface area contributed by atoms with Gasteiger partial charge in [0.05, 0.1) is 26.3 Å². The second kappa shape index (κ2) is 11.5. The van der Waals surface area contributed by atoms with Crippen LogP contribution in [0.1, 0.15) is 11.1 Å². The van der Waals surface area contributed by atoms with Crippen LogP contribution in [0.3, 0.4) is 0 Å². The Bertz CT molecular complexity index is 818. The lowest BCUT2D eigenvalue weighted by Crippen LogP contribution is -2.35. The molecule has 4 N–H and O–H groups in total. The summed E-state index contributed by atoms with van der Waals surface area (Å²) in [5.41, 5.74) is 5.84. The highest BCUT2D eigenvalue weighted by Crippen LogP contribution is 2.33. The van der Waals surface area contributed by atoms with E-state index in [9.17, 15) is 13.2 Å². The number of guanidine groups is 1. The molecular formula is C18H23F3IN5O2. The fourth-order valence-electron chi connectivity index (χ4n) is 2.36. The van der Waals surface area contributed by atoms with Crippen LogP contribution in [0.25, 0.3) is 0 Å². The fraction of sp³-hybridized carbons (Fsp3) is 0.333. The quantitative estimate of drug-likeness (QED) is 0.212. The zero-order valence-electron chi connectivity index (χ0n) is 15.9. The Morgan fingerprint density at radius 3 is 2.52 bits per heavy atom. The number of halogens is 4. The van der Waals surface area contributed by atoms with Crippen molar-refractivity contribution in [2.45, 2.75) is 12.7 Å². The van der Waals surface area contributed by atoms with Crippen molar-refractivity contribution in [2.75, 3.05) is 32.6 Å². The van der Waals surface area contributed by atoms with Gasteiger partial charge in [-0.25, -0.2) is 9.98 Å². The minimum Gasteiger partial charge on any atom is -0.493 e. The molecule has 0 aliphatic carbocycles. The van der Waals surface area contributed by atoms with E-state index in [4.69, 9.17) is 15.2 Å². The zero-order chi connectivity index (χ0) is 20.6. The standard InChI is InChI=1S/C18H22F3N5O2.HI/c1-27-14-6-5-12(10-15(14)28-2)11-26-17(22)25-9-8-24-16-13(18(19,20)21)4-3-7-23-16;/h3-7,10H,8-9,11H2,1-2H3,(H,23,24)(H3,22,25,26);1H. The van der Waals surface area contributed by atoms with Gasteiger partial charge in [-0.2, -0.15) is 13.2 Å². The van der Waals surface area contributed by atoms with Crippen molar-refractivity contribution >= 4 is 35.8 Å². The van der Waals surface area contributed by atoms with Crippen LogP contribution in [0.2, 0.25) is 0 Å². The molecule has 7 nitrogen and oxygen atoms in total. The molecule has 0 saturated heterocycles. The number of aromatic nitrogens is 1. The Balaban J connectivity index is 0.00000420. The highest BCUT2D eigenvalue weighted by molar-refractivity contribution is 14.0. The third-order valence-electron chi connectivity index (χ3n) is 3.72. The van der Waals surface area contributed by atoms with E-state index in [0.29, 0.717) is 18.0 Å².